The van der Waals surface area contributed by atoms with E-state index >= 15 is 0 Å². The zero-order valence-corrected chi connectivity index (χ0v) is 14.2. The molecule has 0 amide bonds. The number of rotatable bonds is 4. The maximum atomic E-state index is 3.65. The predicted octanol–water partition coefficient (Wildman–Crippen LogP) is 4.88. The first-order valence-corrected chi connectivity index (χ1v) is 7.80. The third-order valence-electron chi connectivity index (χ3n) is 3.82. The lowest BCUT2D eigenvalue weighted by Crippen LogP contribution is -2.21. The van der Waals surface area contributed by atoms with Crippen LogP contribution in [0.25, 0.3) is 0 Å². The third-order valence-corrected chi connectivity index (χ3v) is 4.59. The molecule has 0 saturated heterocycles. The molecule has 1 unspecified atom stereocenters. The van der Waals surface area contributed by atoms with Gasteiger partial charge in [0.05, 0.1) is 0 Å². The van der Waals surface area contributed by atoms with Gasteiger partial charge in [-0.25, -0.2) is 0 Å². The minimum Gasteiger partial charge on any atom is -0.313 e. The van der Waals surface area contributed by atoms with E-state index in [0.29, 0.717) is 6.04 Å². The van der Waals surface area contributed by atoms with Crippen molar-refractivity contribution in [2.24, 2.45) is 0 Å². The average Bonchev–Trinajstić information content (AvgIpc) is 2.38. The Bertz CT molecular complexity index is 581. The SMILES string of the molecule is CNC(Cc1ccccc1Br)c1c(C)cc(C)cc1C. The van der Waals surface area contributed by atoms with Gasteiger partial charge in [0, 0.05) is 10.5 Å². The molecule has 106 valence electrons. The number of hydrogen-bond acceptors (Lipinski definition) is 1. The van der Waals surface area contributed by atoms with Gasteiger partial charge in [0.1, 0.15) is 0 Å². The van der Waals surface area contributed by atoms with Crippen LogP contribution in [0, 0.1) is 20.8 Å². The van der Waals surface area contributed by atoms with Crippen molar-refractivity contribution in [2.45, 2.75) is 33.2 Å². The van der Waals surface area contributed by atoms with Gasteiger partial charge in [0.15, 0.2) is 0 Å². The lowest BCUT2D eigenvalue weighted by atomic mass is 9.90. The Kier molecular flexibility index (Phi) is 5.00. The number of likely N-dealkylation sites (N-methyl/N-ethyl adjacent to an activating group) is 1. The summed E-state index contributed by atoms with van der Waals surface area (Å²) in [5, 5.41) is 3.47. The van der Waals surface area contributed by atoms with E-state index in [1.165, 1.54) is 32.3 Å². The molecule has 0 aliphatic heterocycles. The molecular formula is C18H22BrN. The molecule has 0 spiro atoms. The summed E-state index contributed by atoms with van der Waals surface area (Å²) in [7, 11) is 2.04. The van der Waals surface area contributed by atoms with Crippen molar-refractivity contribution in [3.05, 3.63) is 68.7 Å². The van der Waals surface area contributed by atoms with Gasteiger partial charge < -0.3 is 5.32 Å². The number of aryl methyl sites for hydroxylation is 3. The number of benzene rings is 2. The minimum atomic E-state index is 0.342. The average molecular weight is 332 g/mol. The van der Waals surface area contributed by atoms with Crippen molar-refractivity contribution >= 4 is 15.9 Å². The van der Waals surface area contributed by atoms with Crippen LogP contribution in [0.3, 0.4) is 0 Å². The summed E-state index contributed by atoms with van der Waals surface area (Å²) in [4.78, 5) is 0. The first-order valence-electron chi connectivity index (χ1n) is 7.01. The first-order chi connectivity index (χ1) is 9.52. The molecule has 2 aromatic rings. The van der Waals surface area contributed by atoms with Gasteiger partial charge in [-0.3, -0.25) is 0 Å². The van der Waals surface area contributed by atoms with E-state index in [2.05, 4.69) is 78.4 Å². The third kappa shape index (κ3) is 3.31. The normalized spacial score (nSPS) is 12.4. The molecule has 1 N–H and O–H groups in total. The van der Waals surface area contributed by atoms with Crippen LogP contribution in [0.15, 0.2) is 40.9 Å². The lowest BCUT2D eigenvalue weighted by molar-refractivity contribution is 0.584. The molecule has 0 radical (unpaired) electrons. The Morgan fingerprint density at radius 3 is 2.20 bits per heavy atom. The van der Waals surface area contributed by atoms with Crippen molar-refractivity contribution in [1.29, 1.82) is 0 Å². The highest BCUT2D eigenvalue weighted by molar-refractivity contribution is 9.10. The largest absolute Gasteiger partial charge is 0.313 e. The molecule has 20 heavy (non-hydrogen) atoms. The van der Waals surface area contributed by atoms with E-state index in [1.54, 1.807) is 0 Å². The fraction of sp³-hybridized carbons (Fsp3) is 0.333. The van der Waals surface area contributed by atoms with E-state index in [4.69, 9.17) is 0 Å². The van der Waals surface area contributed by atoms with Crippen molar-refractivity contribution in [2.75, 3.05) is 7.05 Å². The van der Waals surface area contributed by atoms with Crippen LogP contribution in [-0.4, -0.2) is 7.05 Å². The van der Waals surface area contributed by atoms with E-state index in [9.17, 15) is 0 Å². The molecule has 1 nitrogen and oxygen atoms in total. The molecular weight excluding hydrogens is 310 g/mol. The van der Waals surface area contributed by atoms with E-state index in [0.717, 1.165) is 6.42 Å². The summed E-state index contributed by atoms with van der Waals surface area (Å²) in [6.45, 7) is 6.57. The van der Waals surface area contributed by atoms with Gasteiger partial charge in [0.25, 0.3) is 0 Å². The van der Waals surface area contributed by atoms with Gasteiger partial charge >= 0.3 is 0 Å². The van der Waals surface area contributed by atoms with Crippen LogP contribution in [0.2, 0.25) is 0 Å². The molecule has 1 atom stereocenters. The molecule has 0 aromatic heterocycles. The lowest BCUT2D eigenvalue weighted by Gasteiger charge is -2.22. The van der Waals surface area contributed by atoms with Crippen LogP contribution >= 0.6 is 15.9 Å². The molecule has 2 rings (SSSR count). The van der Waals surface area contributed by atoms with Crippen molar-refractivity contribution in [3.8, 4) is 0 Å². The van der Waals surface area contributed by atoms with Gasteiger partial charge in [-0.15, -0.1) is 0 Å². The Hall–Kier alpha value is -1.12. The topological polar surface area (TPSA) is 12.0 Å². The van der Waals surface area contributed by atoms with E-state index < -0.39 is 0 Å². The van der Waals surface area contributed by atoms with Gasteiger partial charge in [0.2, 0.25) is 0 Å². The Morgan fingerprint density at radius 2 is 1.65 bits per heavy atom. The second kappa shape index (κ2) is 6.55. The summed E-state index contributed by atoms with van der Waals surface area (Å²) in [6, 6.07) is 13.3. The number of hydrogen-bond donors (Lipinski definition) is 1. The molecule has 0 fully saturated rings. The van der Waals surface area contributed by atoms with Gasteiger partial charge in [-0.1, -0.05) is 51.8 Å². The first kappa shape index (κ1) is 15.3. The number of halogens is 1. The molecule has 0 heterocycles. The van der Waals surface area contributed by atoms with Crippen LogP contribution in [0.4, 0.5) is 0 Å². The van der Waals surface area contributed by atoms with Crippen molar-refractivity contribution in [1.82, 2.24) is 5.32 Å². The van der Waals surface area contributed by atoms with Crippen LogP contribution in [0.5, 0.6) is 0 Å². The summed E-state index contributed by atoms with van der Waals surface area (Å²) in [6.07, 6.45) is 0.989. The van der Waals surface area contributed by atoms with E-state index in [-0.39, 0.29) is 0 Å². The monoisotopic (exact) mass is 331 g/mol. The predicted molar refractivity (Wildman–Crippen MR) is 90.3 cm³/mol. The second-order valence-corrected chi connectivity index (χ2v) is 6.30. The second-order valence-electron chi connectivity index (χ2n) is 5.45. The standard InChI is InChI=1S/C18H22BrN/c1-12-9-13(2)18(14(3)10-12)17(20-4)11-15-7-5-6-8-16(15)19/h5-10,17,20H,11H2,1-4H3. The highest BCUT2D eigenvalue weighted by atomic mass is 79.9. The Morgan fingerprint density at radius 1 is 1.05 bits per heavy atom. The fourth-order valence-electron chi connectivity index (χ4n) is 2.97. The van der Waals surface area contributed by atoms with Gasteiger partial charge in [-0.2, -0.15) is 0 Å². The van der Waals surface area contributed by atoms with Crippen LogP contribution < -0.4 is 5.32 Å². The quantitative estimate of drug-likeness (QED) is 0.842. The zero-order valence-electron chi connectivity index (χ0n) is 12.6. The van der Waals surface area contributed by atoms with Crippen molar-refractivity contribution in [3.63, 3.8) is 0 Å². The summed E-state index contributed by atoms with van der Waals surface area (Å²) < 4.78 is 1.18. The Balaban J connectivity index is 2.37. The highest BCUT2D eigenvalue weighted by Gasteiger charge is 2.16. The molecule has 2 aromatic carbocycles. The highest BCUT2D eigenvalue weighted by Crippen LogP contribution is 2.28. The molecule has 0 aliphatic rings. The zero-order chi connectivity index (χ0) is 14.7. The van der Waals surface area contributed by atoms with Crippen molar-refractivity contribution < 1.29 is 0 Å². The Labute approximate surface area is 130 Å². The smallest absolute Gasteiger partial charge is 0.0364 e. The fourth-order valence-corrected chi connectivity index (χ4v) is 3.42. The molecule has 0 aliphatic carbocycles. The molecule has 0 saturated carbocycles. The summed E-state index contributed by atoms with van der Waals surface area (Å²) in [5.74, 6) is 0. The molecule has 2 heteroatoms. The maximum absolute atomic E-state index is 3.65. The van der Waals surface area contributed by atoms with Crippen LogP contribution in [-0.2, 0) is 6.42 Å². The summed E-state index contributed by atoms with van der Waals surface area (Å²) in [5.41, 5.74) is 6.84. The minimum absolute atomic E-state index is 0.342. The molecule has 0 bridgehead atoms. The maximum Gasteiger partial charge on any atom is 0.0364 e. The number of nitrogens with one attached hydrogen (secondary N) is 1. The van der Waals surface area contributed by atoms with Crippen LogP contribution in [0.1, 0.15) is 33.9 Å². The summed E-state index contributed by atoms with van der Waals surface area (Å²) >= 11 is 3.65. The van der Waals surface area contributed by atoms with E-state index in [1.807, 2.05) is 7.05 Å². The van der Waals surface area contributed by atoms with Gasteiger partial charge in [-0.05, 0) is 62.6 Å².